The molecule has 6 nitrogen and oxygen atoms in total. The molecule has 1 aliphatic carbocycles. The molecule has 140 valence electrons. The maximum atomic E-state index is 13.4. The Labute approximate surface area is 156 Å². The molecule has 0 aromatic carbocycles. The van der Waals surface area contributed by atoms with Crippen LogP contribution in [0, 0.1) is 13.8 Å². The Balaban J connectivity index is 2.48. The minimum atomic E-state index is -0.480. The average molecular weight is 366 g/mol. The number of nitrogens with zero attached hydrogens (tertiary/aromatic N) is 2. The third-order valence-electron chi connectivity index (χ3n) is 5.19. The highest BCUT2D eigenvalue weighted by molar-refractivity contribution is 6.28. The predicted molar refractivity (Wildman–Crippen MR) is 104 cm³/mol. The molecule has 0 atom stereocenters. The first-order chi connectivity index (χ1) is 12.7. The Morgan fingerprint density at radius 2 is 1.37 bits per heavy atom. The highest BCUT2D eigenvalue weighted by Crippen LogP contribution is 2.29. The lowest BCUT2D eigenvalue weighted by molar-refractivity contribution is 0.0964. The highest BCUT2D eigenvalue weighted by Gasteiger charge is 2.37. The lowest BCUT2D eigenvalue weighted by atomic mass is 9.85. The quantitative estimate of drug-likeness (QED) is 0.714. The van der Waals surface area contributed by atoms with Gasteiger partial charge in [0.05, 0.1) is 11.1 Å². The van der Waals surface area contributed by atoms with Gasteiger partial charge in [-0.2, -0.15) is 0 Å². The molecule has 0 N–H and O–H groups in total. The fourth-order valence-corrected chi connectivity index (χ4v) is 3.61. The summed E-state index contributed by atoms with van der Waals surface area (Å²) in [4.78, 5) is 51.4. The van der Waals surface area contributed by atoms with Gasteiger partial charge in [-0.25, -0.2) is 0 Å². The number of fused-ring (bicyclic) bond motifs is 2. The third-order valence-corrected chi connectivity index (χ3v) is 5.19. The Morgan fingerprint density at radius 3 is 1.93 bits per heavy atom. The number of hydrogen-bond donors (Lipinski definition) is 0. The monoisotopic (exact) mass is 366 g/mol. The molecule has 0 radical (unpaired) electrons. The van der Waals surface area contributed by atoms with Crippen LogP contribution in [0.5, 0.6) is 0 Å². The standard InChI is InChI=1S/C21H22N2O4/c1-6-13(7-2)10-23-15(25)9-12(4)17-19(23)21(27)18-16(20(17)26)11(3)8-14(24)22(18)5/h8-10H,6-7H2,1-5H3. The summed E-state index contributed by atoms with van der Waals surface area (Å²) in [7, 11) is 1.47. The van der Waals surface area contributed by atoms with E-state index in [1.165, 1.54) is 28.3 Å². The third kappa shape index (κ3) is 2.72. The number of carbonyl (C=O) groups excluding carboxylic acids is 2. The summed E-state index contributed by atoms with van der Waals surface area (Å²) in [5, 5.41) is 0. The SMILES string of the molecule is CCC(=Cn1c2c(c(C)cc1=O)C(=O)c1c(C)cc(=O)n(C)c1C2=O)CC. The van der Waals surface area contributed by atoms with Gasteiger partial charge >= 0.3 is 0 Å². The molecule has 0 bridgehead atoms. The summed E-state index contributed by atoms with van der Waals surface area (Å²) in [6.45, 7) is 7.24. The van der Waals surface area contributed by atoms with Crippen LogP contribution in [0.4, 0.5) is 0 Å². The molecule has 0 spiro atoms. The van der Waals surface area contributed by atoms with Gasteiger partial charge in [0.2, 0.25) is 5.78 Å². The molecule has 2 aromatic rings. The van der Waals surface area contributed by atoms with Gasteiger partial charge < -0.3 is 4.57 Å². The minimum absolute atomic E-state index is 0.0394. The number of aryl methyl sites for hydroxylation is 2. The van der Waals surface area contributed by atoms with Crippen molar-refractivity contribution < 1.29 is 9.59 Å². The second-order valence-corrected chi connectivity index (χ2v) is 6.86. The molecular weight excluding hydrogens is 344 g/mol. The highest BCUT2D eigenvalue weighted by atomic mass is 16.2. The van der Waals surface area contributed by atoms with Gasteiger partial charge in [-0.3, -0.25) is 23.7 Å². The first kappa shape index (κ1) is 18.8. The Kier molecular flexibility index (Phi) is 4.59. The molecule has 0 unspecified atom stereocenters. The first-order valence-corrected chi connectivity index (χ1v) is 8.98. The van der Waals surface area contributed by atoms with Crippen molar-refractivity contribution in [2.75, 3.05) is 0 Å². The van der Waals surface area contributed by atoms with Gasteiger partial charge in [0.15, 0.2) is 5.78 Å². The molecule has 0 aliphatic heterocycles. The molecular formula is C21H22N2O4. The minimum Gasteiger partial charge on any atom is -0.308 e. The smallest absolute Gasteiger partial charge is 0.255 e. The van der Waals surface area contributed by atoms with E-state index in [9.17, 15) is 19.2 Å². The number of rotatable bonds is 3. The van der Waals surface area contributed by atoms with E-state index in [4.69, 9.17) is 0 Å². The fourth-order valence-electron chi connectivity index (χ4n) is 3.61. The van der Waals surface area contributed by atoms with E-state index in [0.29, 0.717) is 11.1 Å². The van der Waals surface area contributed by atoms with Crippen LogP contribution in [0.25, 0.3) is 6.20 Å². The Hall–Kier alpha value is -3.02. The zero-order valence-electron chi connectivity index (χ0n) is 16.2. The number of hydrogen-bond acceptors (Lipinski definition) is 4. The molecule has 0 fully saturated rings. The van der Waals surface area contributed by atoms with Crippen LogP contribution in [-0.2, 0) is 7.05 Å². The average Bonchev–Trinajstić information content (AvgIpc) is 2.61. The summed E-state index contributed by atoms with van der Waals surface area (Å²) in [6.07, 6.45) is 3.09. The number of carbonyl (C=O) groups is 2. The van der Waals surface area contributed by atoms with E-state index < -0.39 is 5.78 Å². The zero-order valence-corrected chi connectivity index (χ0v) is 16.2. The second-order valence-electron chi connectivity index (χ2n) is 6.86. The van der Waals surface area contributed by atoms with Crippen molar-refractivity contribution in [3.8, 4) is 0 Å². The molecule has 2 aromatic heterocycles. The second kappa shape index (κ2) is 6.61. The molecule has 6 heteroatoms. The predicted octanol–water partition coefficient (Wildman–Crippen LogP) is 2.60. The number of pyridine rings is 2. The first-order valence-electron chi connectivity index (χ1n) is 8.98. The van der Waals surface area contributed by atoms with Gasteiger partial charge in [0.25, 0.3) is 11.1 Å². The molecule has 3 rings (SSSR count). The summed E-state index contributed by atoms with van der Waals surface area (Å²) in [5.74, 6) is -0.812. The van der Waals surface area contributed by atoms with E-state index >= 15 is 0 Å². The van der Waals surface area contributed by atoms with E-state index in [1.54, 1.807) is 20.0 Å². The van der Waals surface area contributed by atoms with Crippen LogP contribution in [0.2, 0.25) is 0 Å². The molecule has 0 saturated carbocycles. The van der Waals surface area contributed by atoms with Crippen LogP contribution in [0.1, 0.15) is 69.9 Å². The van der Waals surface area contributed by atoms with Crippen LogP contribution in [0.3, 0.4) is 0 Å². The summed E-state index contributed by atoms with van der Waals surface area (Å²) in [6, 6.07) is 2.73. The van der Waals surface area contributed by atoms with Crippen LogP contribution in [-0.4, -0.2) is 20.7 Å². The zero-order chi connectivity index (χ0) is 20.0. The van der Waals surface area contributed by atoms with Gasteiger partial charge in [-0.05, 0) is 37.8 Å². The van der Waals surface area contributed by atoms with E-state index in [1.807, 2.05) is 13.8 Å². The van der Waals surface area contributed by atoms with Crippen molar-refractivity contribution in [1.29, 1.82) is 0 Å². The van der Waals surface area contributed by atoms with Crippen molar-refractivity contribution >= 4 is 17.8 Å². The molecule has 0 saturated heterocycles. The van der Waals surface area contributed by atoms with Gasteiger partial charge in [-0.1, -0.05) is 19.4 Å². The van der Waals surface area contributed by atoms with Crippen LogP contribution in [0.15, 0.2) is 27.3 Å². The normalized spacial score (nSPS) is 12.6. The van der Waals surface area contributed by atoms with Gasteiger partial charge in [0, 0.05) is 25.4 Å². The summed E-state index contributed by atoms with van der Waals surface area (Å²) in [5.41, 5.74) is 1.72. The topological polar surface area (TPSA) is 78.1 Å². The molecule has 0 amide bonds. The van der Waals surface area contributed by atoms with Crippen molar-refractivity contribution in [3.63, 3.8) is 0 Å². The Morgan fingerprint density at radius 1 is 0.852 bits per heavy atom. The van der Waals surface area contributed by atoms with Gasteiger partial charge in [-0.15, -0.1) is 0 Å². The molecule has 1 aliphatic rings. The van der Waals surface area contributed by atoms with Crippen LogP contribution >= 0.6 is 0 Å². The Bertz CT molecular complexity index is 1140. The number of allylic oxidation sites excluding steroid dienone is 1. The largest absolute Gasteiger partial charge is 0.308 e. The van der Waals surface area contributed by atoms with E-state index in [0.717, 1.165) is 18.4 Å². The van der Waals surface area contributed by atoms with E-state index in [2.05, 4.69) is 0 Å². The fraction of sp³-hybridized carbons (Fsp3) is 0.333. The van der Waals surface area contributed by atoms with Crippen LogP contribution < -0.4 is 11.1 Å². The van der Waals surface area contributed by atoms with E-state index in [-0.39, 0.29) is 39.4 Å². The van der Waals surface area contributed by atoms with Crippen molar-refractivity contribution in [1.82, 2.24) is 9.13 Å². The van der Waals surface area contributed by atoms with Crippen molar-refractivity contribution in [2.24, 2.45) is 7.05 Å². The maximum absolute atomic E-state index is 13.4. The number of ketones is 2. The molecule has 2 heterocycles. The lowest BCUT2D eigenvalue weighted by Crippen LogP contribution is -2.37. The van der Waals surface area contributed by atoms with Crippen molar-refractivity contribution in [2.45, 2.75) is 40.5 Å². The summed E-state index contributed by atoms with van der Waals surface area (Å²) >= 11 is 0. The maximum Gasteiger partial charge on any atom is 0.255 e. The molecule has 27 heavy (non-hydrogen) atoms. The summed E-state index contributed by atoms with van der Waals surface area (Å²) < 4.78 is 2.45. The van der Waals surface area contributed by atoms with Gasteiger partial charge in [0.1, 0.15) is 11.4 Å². The lowest BCUT2D eigenvalue weighted by Gasteiger charge is -2.24. The number of aromatic nitrogens is 2. The van der Waals surface area contributed by atoms with Crippen molar-refractivity contribution in [3.05, 3.63) is 72.1 Å².